The molecule has 2 aromatic heterocycles. The fourth-order valence-electron chi connectivity index (χ4n) is 18.3. The number of furan rings is 2. The summed E-state index contributed by atoms with van der Waals surface area (Å²) in [6.45, 7) is 15.9. The summed E-state index contributed by atoms with van der Waals surface area (Å²) in [4.78, 5) is 5.01. The topological polar surface area (TPSA) is 32.8 Å². The standard InChI is InChI=1S/C104H80N2O2Si/c1-67-43-45-68(46-44-67)71-62-89-85-37-22-26-42-98(85)108-101(89)96(64-71)106(75-55-51-73(52-56-75)103(5,6)7)94-66-93-99(86-38-18-17-35-83(86)94)87-60-57-76(65-92(87)104(93)90-39-23-19-33-81(90)82-34-20-24-40-91(82)104)105(74-53-49-72(50-54-74)102(2,3)4)95-63-70(61-88-84-36-21-25-41-97(84)107-100(88)95)69-47-58-80(59-48-69)109(77-27-11-8-12-28-77,78-29-13-9-14-30-78)79-31-15-10-16-32-79/h8-66H,1-7H3. The maximum Gasteiger partial charge on any atom is 0.179 e. The van der Waals surface area contributed by atoms with Crippen molar-refractivity contribution in [1.82, 2.24) is 0 Å². The SMILES string of the molecule is Cc1ccc(-c2cc(N(c3ccc(C(C)(C)C)cc3)c3cc4c(c5ccccc35)-c3ccc(N(c5ccc(C(C)(C)C)cc5)c5cc(-c6ccc([Si](c7ccccc7)(c7ccccc7)c7ccccc7)cc6)cc6c5oc5ccccc56)cc3C43c4ccccc4-c4ccccc43)c3oc4ccccc4c3c2)cc1. The maximum atomic E-state index is 7.33. The van der Waals surface area contributed by atoms with Crippen molar-refractivity contribution in [2.24, 2.45) is 0 Å². The summed E-state index contributed by atoms with van der Waals surface area (Å²) in [6.07, 6.45) is 0. The van der Waals surface area contributed by atoms with Crippen LogP contribution in [-0.4, -0.2) is 8.07 Å². The van der Waals surface area contributed by atoms with E-state index < -0.39 is 13.5 Å². The second kappa shape index (κ2) is 25.2. The van der Waals surface area contributed by atoms with Crippen molar-refractivity contribution in [3.63, 3.8) is 0 Å². The van der Waals surface area contributed by atoms with Crippen LogP contribution >= 0.6 is 0 Å². The first-order chi connectivity index (χ1) is 53.2. The lowest BCUT2D eigenvalue weighted by atomic mass is 9.70. The molecule has 0 fully saturated rings. The molecule has 5 heteroatoms. The summed E-state index contributed by atoms with van der Waals surface area (Å²) < 4.78 is 14.6. The number of nitrogens with zero attached hydrogens (tertiary/aromatic N) is 2. The lowest BCUT2D eigenvalue weighted by Gasteiger charge is -2.34. The van der Waals surface area contributed by atoms with Gasteiger partial charge in [-0.3, -0.25) is 0 Å². The van der Waals surface area contributed by atoms with Gasteiger partial charge >= 0.3 is 0 Å². The molecule has 2 aliphatic carbocycles. The quantitative estimate of drug-likeness (QED) is 0.0901. The molecule has 0 amide bonds. The Hall–Kier alpha value is -12.8. The van der Waals surface area contributed by atoms with E-state index in [2.05, 4.69) is 416 Å². The van der Waals surface area contributed by atoms with E-state index in [-0.39, 0.29) is 10.8 Å². The van der Waals surface area contributed by atoms with Crippen molar-refractivity contribution in [3.8, 4) is 44.5 Å². The van der Waals surface area contributed by atoms with Crippen LogP contribution in [0.1, 0.15) is 80.5 Å². The number of fused-ring (bicyclic) bond motifs is 18. The number of rotatable bonds is 12. The van der Waals surface area contributed by atoms with Crippen LogP contribution in [0.2, 0.25) is 0 Å². The van der Waals surface area contributed by atoms with Gasteiger partial charge < -0.3 is 18.6 Å². The number of hydrogen-bond donors (Lipinski definition) is 0. The van der Waals surface area contributed by atoms with Gasteiger partial charge in [0.1, 0.15) is 11.2 Å². The van der Waals surface area contributed by atoms with E-state index in [1.165, 1.54) is 87.3 Å². The average Bonchev–Trinajstić information content (AvgIpc) is 1.50. The second-order valence-corrected chi connectivity index (χ2v) is 35.7. The molecule has 522 valence electrons. The van der Waals surface area contributed by atoms with Gasteiger partial charge in [0.05, 0.1) is 22.5 Å². The van der Waals surface area contributed by atoms with Crippen LogP contribution in [0, 0.1) is 6.92 Å². The molecule has 0 unspecified atom stereocenters. The minimum Gasteiger partial charge on any atom is -0.454 e. The predicted molar refractivity (Wildman–Crippen MR) is 461 cm³/mol. The largest absolute Gasteiger partial charge is 0.454 e. The molecule has 16 aromatic carbocycles. The van der Waals surface area contributed by atoms with Gasteiger partial charge in [-0.15, -0.1) is 0 Å². The van der Waals surface area contributed by atoms with Crippen molar-refractivity contribution in [1.29, 1.82) is 0 Å². The Morgan fingerprint density at radius 1 is 0.275 bits per heavy atom. The van der Waals surface area contributed by atoms with Gasteiger partial charge in [0, 0.05) is 44.0 Å². The van der Waals surface area contributed by atoms with E-state index >= 15 is 0 Å². The Bertz CT molecular complexity index is 6460. The summed E-state index contributed by atoms with van der Waals surface area (Å²) in [6, 6.07) is 135. The van der Waals surface area contributed by atoms with Crippen molar-refractivity contribution in [3.05, 3.63) is 397 Å². The van der Waals surface area contributed by atoms with E-state index in [1.807, 2.05) is 0 Å². The number of hydrogen-bond acceptors (Lipinski definition) is 4. The van der Waals surface area contributed by atoms with Gasteiger partial charge in [0.25, 0.3) is 0 Å². The molecule has 1 spiro atoms. The Morgan fingerprint density at radius 3 is 1.17 bits per heavy atom. The zero-order valence-corrected chi connectivity index (χ0v) is 63.3. The number of benzene rings is 16. The maximum absolute atomic E-state index is 7.33. The molecule has 0 saturated heterocycles. The summed E-state index contributed by atoms with van der Waals surface area (Å²) in [5, 5.41) is 11.9. The van der Waals surface area contributed by atoms with Crippen molar-refractivity contribution in [2.75, 3.05) is 9.80 Å². The summed E-state index contributed by atoms with van der Waals surface area (Å²) in [5.41, 5.74) is 26.4. The third-order valence-electron chi connectivity index (χ3n) is 23.6. The number of anilines is 6. The average molecular weight is 1420 g/mol. The zero-order valence-electron chi connectivity index (χ0n) is 62.3. The van der Waals surface area contributed by atoms with Gasteiger partial charge in [-0.2, -0.15) is 0 Å². The van der Waals surface area contributed by atoms with E-state index in [4.69, 9.17) is 8.83 Å². The molecular formula is C104H80N2O2Si. The second-order valence-electron chi connectivity index (χ2n) is 31.9. The van der Waals surface area contributed by atoms with Crippen LogP contribution in [-0.2, 0) is 16.2 Å². The van der Waals surface area contributed by atoms with E-state index in [0.717, 1.165) is 106 Å². The molecule has 2 heterocycles. The molecule has 0 N–H and O–H groups in total. The van der Waals surface area contributed by atoms with Crippen LogP contribution in [0.5, 0.6) is 0 Å². The zero-order chi connectivity index (χ0) is 73.5. The van der Waals surface area contributed by atoms with Crippen LogP contribution in [0.3, 0.4) is 0 Å². The van der Waals surface area contributed by atoms with Crippen molar-refractivity contribution >= 4 is 118 Å². The minimum atomic E-state index is -2.84. The summed E-state index contributed by atoms with van der Waals surface area (Å²) in [7, 11) is -2.84. The first kappa shape index (κ1) is 65.7. The van der Waals surface area contributed by atoms with Gasteiger partial charge in [-0.1, -0.05) is 326 Å². The normalized spacial score (nSPS) is 13.0. The first-order valence-corrected chi connectivity index (χ1v) is 40.2. The van der Waals surface area contributed by atoms with Crippen molar-refractivity contribution in [2.45, 2.75) is 64.7 Å². The van der Waals surface area contributed by atoms with Crippen LogP contribution in [0.4, 0.5) is 34.1 Å². The Kier molecular flexibility index (Phi) is 15.2. The van der Waals surface area contributed by atoms with Gasteiger partial charge in [0.2, 0.25) is 0 Å². The van der Waals surface area contributed by atoms with Gasteiger partial charge in [0.15, 0.2) is 19.2 Å². The highest BCUT2D eigenvalue weighted by Gasteiger charge is 2.53. The van der Waals surface area contributed by atoms with Crippen LogP contribution < -0.4 is 30.5 Å². The summed E-state index contributed by atoms with van der Waals surface area (Å²) >= 11 is 0. The predicted octanol–water partition coefficient (Wildman–Crippen LogP) is 25.5. The Labute approximate surface area is 638 Å². The molecule has 0 aliphatic heterocycles. The molecule has 20 rings (SSSR count). The highest BCUT2D eigenvalue weighted by Crippen LogP contribution is 2.66. The molecule has 109 heavy (non-hydrogen) atoms. The smallest absolute Gasteiger partial charge is 0.179 e. The molecule has 0 atom stereocenters. The Balaban J connectivity index is 0.843. The highest BCUT2D eigenvalue weighted by molar-refractivity contribution is 7.19. The van der Waals surface area contributed by atoms with E-state index in [9.17, 15) is 0 Å². The minimum absolute atomic E-state index is 0.0788. The van der Waals surface area contributed by atoms with E-state index in [0.29, 0.717) is 0 Å². The summed E-state index contributed by atoms with van der Waals surface area (Å²) in [5.74, 6) is 0. The van der Waals surface area contributed by atoms with Crippen molar-refractivity contribution < 1.29 is 8.83 Å². The third kappa shape index (κ3) is 10.3. The highest BCUT2D eigenvalue weighted by atomic mass is 28.3. The monoisotopic (exact) mass is 1420 g/mol. The molecule has 4 nitrogen and oxygen atoms in total. The Morgan fingerprint density at radius 2 is 0.679 bits per heavy atom. The third-order valence-corrected chi connectivity index (χ3v) is 28.4. The fourth-order valence-corrected chi connectivity index (χ4v) is 23.1. The van der Waals surface area contributed by atoms with Crippen LogP contribution in [0.25, 0.3) is 99.2 Å². The molecule has 0 saturated carbocycles. The van der Waals surface area contributed by atoms with E-state index in [1.54, 1.807) is 0 Å². The number of aryl methyl sites for hydroxylation is 1. The lowest BCUT2D eigenvalue weighted by molar-refractivity contribution is 0.590. The van der Waals surface area contributed by atoms with Crippen LogP contribution in [0.15, 0.2) is 367 Å². The molecule has 0 radical (unpaired) electrons. The molecular weight excluding hydrogens is 1340 g/mol. The molecule has 2 aliphatic rings. The lowest BCUT2D eigenvalue weighted by Crippen LogP contribution is -2.74. The number of para-hydroxylation sites is 2. The van der Waals surface area contributed by atoms with Gasteiger partial charge in [-0.05, 0) is 201 Å². The first-order valence-electron chi connectivity index (χ1n) is 38.2. The molecule has 18 aromatic rings. The van der Waals surface area contributed by atoms with Gasteiger partial charge in [-0.25, -0.2) is 0 Å². The fraction of sp³-hybridized carbons (Fsp3) is 0.0962. The molecule has 0 bridgehead atoms.